The quantitative estimate of drug-likeness (QED) is 0.436. The molecule has 0 spiro atoms. The minimum Gasteiger partial charge on any atom is -0.465 e. The number of carbonyl (C=O) groups is 2. The summed E-state index contributed by atoms with van der Waals surface area (Å²) in [6.07, 6.45) is 14.7. The predicted octanol–water partition coefficient (Wildman–Crippen LogP) is 6.43. The van der Waals surface area contributed by atoms with Crippen molar-refractivity contribution in [1.82, 2.24) is 5.32 Å². The molecule has 5 nitrogen and oxygen atoms in total. The highest BCUT2D eigenvalue weighted by molar-refractivity contribution is 5.75. The van der Waals surface area contributed by atoms with Crippen LogP contribution in [0.4, 0.5) is 0 Å². The van der Waals surface area contributed by atoms with Gasteiger partial charge in [0.2, 0.25) is 0 Å². The van der Waals surface area contributed by atoms with Gasteiger partial charge in [0, 0.05) is 11.1 Å². The van der Waals surface area contributed by atoms with Gasteiger partial charge in [-0.05, 0) is 135 Å². The van der Waals surface area contributed by atoms with Crippen LogP contribution in [0.2, 0.25) is 0 Å². The molecule has 1 unspecified atom stereocenters. The van der Waals surface area contributed by atoms with Crippen molar-refractivity contribution in [3.63, 3.8) is 0 Å². The number of ether oxygens (including phenoxy) is 2. The zero-order valence-electron chi connectivity index (χ0n) is 23.1. The lowest BCUT2D eigenvalue weighted by atomic mass is 9.69. The van der Waals surface area contributed by atoms with Gasteiger partial charge in [-0.1, -0.05) is 6.92 Å². The first-order valence-electron chi connectivity index (χ1n) is 14.7. The minimum atomic E-state index is -0.210. The molecule has 4 fully saturated rings. The Morgan fingerprint density at radius 1 is 0.771 bits per heavy atom. The van der Waals surface area contributed by atoms with E-state index in [1.165, 1.54) is 38.5 Å². The highest BCUT2D eigenvalue weighted by Crippen LogP contribution is 2.42. The van der Waals surface area contributed by atoms with Crippen molar-refractivity contribution in [3.8, 4) is 0 Å². The van der Waals surface area contributed by atoms with Crippen LogP contribution in [-0.2, 0) is 19.1 Å². The zero-order valence-corrected chi connectivity index (χ0v) is 23.1. The van der Waals surface area contributed by atoms with Gasteiger partial charge in [0.15, 0.2) is 0 Å². The van der Waals surface area contributed by atoms with Crippen molar-refractivity contribution in [1.29, 1.82) is 0 Å². The number of carbonyl (C=O) groups excluding carboxylic acids is 2. The number of hydrogen-bond acceptors (Lipinski definition) is 5. The highest BCUT2D eigenvalue weighted by atomic mass is 16.5. The summed E-state index contributed by atoms with van der Waals surface area (Å²) in [4.78, 5) is 25.5. The molecule has 3 saturated carbocycles. The van der Waals surface area contributed by atoms with Crippen LogP contribution in [0.15, 0.2) is 0 Å². The van der Waals surface area contributed by atoms with E-state index >= 15 is 0 Å². The van der Waals surface area contributed by atoms with E-state index in [2.05, 4.69) is 39.9 Å². The molecule has 1 aliphatic heterocycles. The maximum Gasteiger partial charge on any atom is 0.310 e. The fourth-order valence-corrected chi connectivity index (χ4v) is 7.71. The van der Waals surface area contributed by atoms with Crippen molar-refractivity contribution in [2.24, 2.45) is 35.5 Å². The molecule has 200 valence electrons. The second kappa shape index (κ2) is 11.1. The Morgan fingerprint density at radius 3 is 1.89 bits per heavy atom. The van der Waals surface area contributed by atoms with Gasteiger partial charge in [0.1, 0.15) is 6.10 Å². The van der Waals surface area contributed by atoms with Crippen LogP contribution in [0.1, 0.15) is 118 Å². The van der Waals surface area contributed by atoms with Gasteiger partial charge >= 0.3 is 11.9 Å². The van der Waals surface area contributed by atoms with E-state index in [0.717, 1.165) is 62.7 Å². The summed E-state index contributed by atoms with van der Waals surface area (Å²) in [7, 11) is 0. The first-order valence-corrected chi connectivity index (χ1v) is 14.7. The van der Waals surface area contributed by atoms with E-state index in [9.17, 15) is 9.59 Å². The SMILES string of the molecule is CC1CCC(OC(=O)C2CCC(C3CCC(COC(=O)C4CC(C)(C)NC4(C)C)CC3)CC2)CC1. The normalized spacial score (nSPS) is 39.1. The number of nitrogens with one attached hydrogen (secondary N) is 1. The second-order valence-corrected chi connectivity index (χ2v) is 13.8. The van der Waals surface area contributed by atoms with Gasteiger partial charge < -0.3 is 14.8 Å². The Balaban J connectivity index is 1.13. The topological polar surface area (TPSA) is 64.6 Å². The molecule has 1 atom stereocenters. The third-order valence-corrected chi connectivity index (χ3v) is 9.90. The first-order chi connectivity index (χ1) is 16.5. The van der Waals surface area contributed by atoms with Crippen LogP contribution in [0.25, 0.3) is 0 Å². The van der Waals surface area contributed by atoms with Crippen LogP contribution in [-0.4, -0.2) is 35.7 Å². The van der Waals surface area contributed by atoms with E-state index < -0.39 is 0 Å². The molecule has 1 N–H and O–H groups in total. The van der Waals surface area contributed by atoms with Crippen molar-refractivity contribution in [2.75, 3.05) is 6.61 Å². The van der Waals surface area contributed by atoms with Gasteiger partial charge in [-0.3, -0.25) is 9.59 Å². The van der Waals surface area contributed by atoms with Gasteiger partial charge in [-0.2, -0.15) is 0 Å². The van der Waals surface area contributed by atoms with Crippen molar-refractivity contribution < 1.29 is 19.1 Å². The Bertz CT molecular complexity index is 723. The molecule has 4 rings (SSSR count). The summed E-state index contributed by atoms with van der Waals surface area (Å²) in [5, 5.41) is 3.58. The molecule has 1 heterocycles. The molecular weight excluding hydrogens is 438 g/mol. The third-order valence-electron chi connectivity index (χ3n) is 9.90. The van der Waals surface area contributed by atoms with E-state index in [1.807, 2.05) is 0 Å². The fourth-order valence-electron chi connectivity index (χ4n) is 7.71. The average Bonchev–Trinajstić information content (AvgIpc) is 3.06. The molecule has 0 aromatic rings. The van der Waals surface area contributed by atoms with Crippen LogP contribution >= 0.6 is 0 Å². The summed E-state index contributed by atoms with van der Waals surface area (Å²) in [6.45, 7) is 11.4. The Hall–Kier alpha value is -1.10. The van der Waals surface area contributed by atoms with Crippen molar-refractivity contribution >= 4 is 11.9 Å². The standard InChI is InChI=1S/C30H51NO4/c1-20-6-16-25(17-7-20)35-27(32)24-14-12-23(13-15-24)22-10-8-21(9-11-22)19-34-28(33)26-18-29(2,3)31-30(26,4)5/h20-26,31H,6-19H2,1-5H3. The van der Waals surface area contributed by atoms with E-state index in [1.54, 1.807) is 0 Å². The molecule has 4 aliphatic rings. The van der Waals surface area contributed by atoms with Gasteiger partial charge in [0.25, 0.3) is 0 Å². The molecule has 35 heavy (non-hydrogen) atoms. The zero-order chi connectivity index (χ0) is 25.2. The second-order valence-electron chi connectivity index (χ2n) is 13.8. The first kappa shape index (κ1) is 26.9. The number of rotatable bonds is 6. The van der Waals surface area contributed by atoms with Crippen LogP contribution < -0.4 is 5.32 Å². The Kier molecular flexibility index (Phi) is 8.55. The number of esters is 2. The van der Waals surface area contributed by atoms with Crippen molar-refractivity contribution in [3.05, 3.63) is 0 Å². The van der Waals surface area contributed by atoms with Crippen LogP contribution in [0, 0.1) is 35.5 Å². The van der Waals surface area contributed by atoms with Gasteiger partial charge in [0.05, 0.1) is 18.4 Å². The molecule has 0 radical (unpaired) electrons. The summed E-state index contributed by atoms with van der Waals surface area (Å²) < 4.78 is 11.8. The van der Waals surface area contributed by atoms with Gasteiger partial charge in [-0.15, -0.1) is 0 Å². The minimum absolute atomic E-state index is 0.0183. The third kappa shape index (κ3) is 7.02. The average molecular weight is 490 g/mol. The predicted molar refractivity (Wildman–Crippen MR) is 139 cm³/mol. The molecule has 5 heteroatoms. The number of hydrogen-bond donors (Lipinski definition) is 1. The Morgan fingerprint density at radius 2 is 1.34 bits per heavy atom. The molecular formula is C30H51NO4. The molecule has 0 aromatic carbocycles. The van der Waals surface area contributed by atoms with Gasteiger partial charge in [-0.25, -0.2) is 0 Å². The Labute approximate surface area is 213 Å². The van der Waals surface area contributed by atoms with Crippen LogP contribution in [0.3, 0.4) is 0 Å². The molecule has 0 bridgehead atoms. The molecule has 3 aliphatic carbocycles. The lowest BCUT2D eigenvalue weighted by molar-refractivity contribution is -0.158. The lowest BCUT2D eigenvalue weighted by Gasteiger charge is -2.37. The highest BCUT2D eigenvalue weighted by Gasteiger charge is 2.48. The summed E-state index contributed by atoms with van der Waals surface area (Å²) in [5.74, 6) is 2.93. The van der Waals surface area contributed by atoms with E-state index in [-0.39, 0.29) is 41.0 Å². The molecule has 1 saturated heterocycles. The summed E-state index contributed by atoms with van der Waals surface area (Å²) in [5.41, 5.74) is -0.228. The van der Waals surface area contributed by atoms with E-state index in [0.29, 0.717) is 12.5 Å². The molecule has 0 aromatic heterocycles. The largest absolute Gasteiger partial charge is 0.465 e. The summed E-state index contributed by atoms with van der Waals surface area (Å²) >= 11 is 0. The molecule has 0 amide bonds. The smallest absolute Gasteiger partial charge is 0.310 e. The lowest BCUT2D eigenvalue weighted by Crippen LogP contribution is -2.46. The monoisotopic (exact) mass is 489 g/mol. The maximum atomic E-state index is 12.8. The van der Waals surface area contributed by atoms with Crippen LogP contribution in [0.5, 0.6) is 0 Å². The van der Waals surface area contributed by atoms with E-state index in [4.69, 9.17) is 9.47 Å². The maximum absolute atomic E-state index is 12.8. The van der Waals surface area contributed by atoms with Crippen molar-refractivity contribution in [2.45, 2.75) is 135 Å². The summed E-state index contributed by atoms with van der Waals surface area (Å²) in [6, 6.07) is 0. The fraction of sp³-hybridized carbons (Fsp3) is 0.933.